The third-order valence-corrected chi connectivity index (χ3v) is 6.87. The van der Waals surface area contributed by atoms with Crippen LogP contribution in [0.25, 0.3) is 10.9 Å². The first-order valence-corrected chi connectivity index (χ1v) is 8.73. The van der Waals surface area contributed by atoms with Crippen molar-refractivity contribution in [2.45, 2.75) is 51.4 Å². The molecular weight excluding hydrogens is 305 g/mol. The number of carboxylic acids is 1. The van der Waals surface area contributed by atoms with Crippen molar-refractivity contribution in [2.24, 2.45) is 10.8 Å². The second kappa shape index (κ2) is 5.27. The first-order valence-electron chi connectivity index (χ1n) is 8.73. The lowest BCUT2D eigenvalue weighted by Crippen LogP contribution is -2.55. The van der Waals surface area contributed by atoms with E-state index in [0.717, 1.165) is 55.0 Å². The molecule has 1 heterocycles. The second-order valence-electron chi connectivity index (χ2n) is 7.75. The van der Waals surface area contributed by atoms with Crippen molar-refractivity contribution in [1.29, 1.82) is 0 Å². The van der Waals surface area contributed by atoms with E-state index in [-0.39, 0.29) is 11.2 Å². The fourth-order valence-electron chi connectivity index (χ4n) is 4.97. The van der Waals surface area contributed by atoms with Crippen LogP contribution in [0.3, 0.4) is 0 Å². The average molecular weight is 327 g/mol. The third kappa shape index (κ3) is 2.08. The first-order chi connectivity index (χ1) is 11.5. The van der Waals surface area contributed by atoms with E-state index in [1.807, 2.05) is 13.0 Å². The minimum atomic E-state index is -0.649. The van der Waals surface area contributed by atoms with Gasteiger partial charge >= 0.3 is 5.97 Å². The van der Waals surface area contributed by atoms with E-state index in [1.165, 1.54) is 6.07 Å². The fraction of sp³-hybridized carbons (Fsp3) is 0.500. The Morgan fingerprint density at radius 1 is 1.21 bits per heavy atom. The van der Waals surface area contributed by atoms with Gasteiger partial charge < -0.3 is 5.11 Å². The summed E-state index contributed by atoms with van der Waals surface area (Å²) < 4.78 is 13.7. The Hall–Kier alpha value is -1.97. The van der Waals surface area contributed by atoms with Gasteiger partial charge in [0.25, 0.3) is 0 Å². The number of fused-ring (bicyclic) bond motifs is 1. The predicted octanol–water partition coefficient (Wildman–Crippen LogP) is 4.90. The van der Waals surface area contributed by atoms with E-state index in [1.54, 1.807) is 18.3 Å². The number of hydrogen-bond donors (Lipinski definition) is 1. The van der Waals surface area contributed by atoms with Gasteiger partial charge in [0.1, 0.15) is 5.82 Å². The fourth-order valence-corrected chi connectivity index (χ4v) is 4.97. The normalized spacial score (nSPS) is 32.7. The highest BCUT2D eigenvalue weighted by Gasteiger charge is 2.60. The van der Waals surface area contributed by atoms with Gasteiger partial charge in [-0.15, -0.1) is 0 Å². The van der Waals surface area contributed by atoms with Gasteiger partial charge in [0, 0.05) is 11.6 Å². The van der Waals surface area contributed by atoms with E-state index < -0.39 is 11.4 Å². The average Bonchev–Trinajstić information content (AvgIpc) is 2.59. The zero-order valence-corrected chi connectivity index (χ0v) is 13.9. The summed E-state index contributed by atoms with van der Waals surface area (Å²) in [5, 5.41) is 10.5. The molecule has 2 aliphatic rings. The molecule has 1 atom stereocenters. The van der Waals surface area contributed by atoms with Crippen molar-refractivity contribution < 1.29 is 14.3 Å². The molecule has 4 heteroatoms. The van der Waals surface area contributed by atoms with E-state index in [0.29, 0.717) is 5.92 Å². The molecule has 4 rings (SSSR count). The maximum Gasteiger partial charge on any atom is 0.309 e. The minimum absolute atomic E-state index is 0.0383. The van der Waals surface area contributed by atoms with Gasteiger partial charge in [-0.05, 0) is 86.6 Å². The lowest BCUT2D eigenvalue weighted by Gasteiger charge is -2.58. The molecule has 126 valence electrons. The highest BCUT2D eigenvalue weighted by molar-refractivity contribution is 5.82. The van der Waals surface area contributed by atoms with Gasteiger partial charge in [-0.3, -0.25) is 9.78 Å². The largest absolute Gasteiger partial charge is 0.481 e. The molecule has 24 heavy (non-hydrogen) atoms. The van der Waals surface area contributed by atoms with Crippen molar-refractivity contribution >= 4 is 16.9 Å². The van der Waals surface area contributed by atoms with Crippen LogP contribution < -0.4 is 0 Å². The maximum absolute atomic E-state index is 13.7. The minimum Gasteiger partial charge on any atom is -0.481 e. The van der Waals surface area contributed by atoms with Crippen molar-refractivity contribution in [3.05, 3.63) is 41.8 Å². The summed E-state index contributed by atoms with van der Waals surface area (Å²) in [5.74, 6) is -0.522. The Morgan fingerprint density at radius 2 is 1.96 bits per heavy atom. The highest BCUT2D eigenvalue weighted by atomic mass is 19.1. The molecule has 0 unspecified atom stereocenters. The van der Waals surface area contributed by atoms with Gasteiger partial charge in [-0.25, -0.2) is 4.39 Å². The van der Waals surface area contributed by atoms with Gasteiger partial charge in [-0.2, -0.15) is 0 Å². The van der Waals surface area contributed by atoms with Gasteiger partial charge in [0.15, 0.2) is 0 Å². The number of aromatic nitrogens is 1. The predicted molar refractivity (Wildman–Crippen MR) is 90.3 cm³/mol. The smallest absolute Gasteiger partial charge is 0.309 e. The number of nitrogens with zero attached hydrogens (tertiary/aromatic N) is 1. The van der Waals surface area contributed by atoms with Gasteiger partial charge in [0.2, 0.25) is 0 Å². The number of halogens is 1. The van der Waals surface area contributed by atoms with Crippen LogP contribution in [0.1, 0.15) is 56.9 Å². The van der Waals surface area contributed by atoms with E-state index in [4.69, 9.17) is 0 Å². The number of benzene rings is 1. The second-order valence-corrected chi connectivity index (χ2v) is 7.75. The molecule has 0 radical (unpaired) electrons. The van der Waals surface area contributed by atoms with Crippen LogP contribution in [-0.4, -0.2) is 16.1 Å². The molecule has 2 aromatic rings. The Morgan fingerprint density at radius 3 is 2.58 bits per heavy atom. The van der Waals surface area contributed by atoms with Crippen LogP contribution in [0.2, 0.25) is 0 Å². The Kier molecular flexibility index (Phi) is 3.41. The number of aliphatic carboxylic acids is 1. The monoisotopic (exact) mass is 327 g/mol. The molecule has 0 bridgehead atoms. The SMILES string of the molecule is C[C@]1(C(=O)O)CC[C@]12CC[C@H](c1ccnc3ccc(F)cc31)CC2. The highest BCUT2D eigenvalue weighted by Crippen LogP contribution is 2.65. The number of pyridine rings is 1. The molecule has 0 saturated heterocycles. The quantitative estimate of drug-likeness (QED) is 0.853. The number of hydrogen-bond acceptors (Lipinski definition) is 2. The molecule has 2 aliphatic carbocycles. The van der Waals surface area contributed by atoms with Gasteiger partial charge in [0.05, 0.1) is 10.9 Å². The zero-order chi connectivity index (χ0) is 16.9. The summed E-state index contributed by atoms with van der Waals surface area (Å²) in [5.41, 5.74) is 1.38. The van der Waals surface area contributed by atoms with Crippen LogP contribution in [0.5, 0.6) is 0 Å². The Balaban J connectivity index is 1.61. The molecule has 0 amide bonds. The first kappa shape index (κ1) is 15.6. The van der Waals surface area contributed by atoms with Crippen LogP contribution in [0.15, 0.2) is 30.5 Å². The van der Waals surface area contributed by atoms with Crippen LogP contribution >= 0.6 is 0 Å². The lowest BCUT2D eigenvalue weighted by molar-refractivity contribution is -0.177. The van der Waals surface area contributed by atoms with Crippen molar-refractivity contribution in [3.8, 4) is 0 Å². The van der Waals surface area contributed by atoms with Crippen molar-refractivity contribution in [2.75, 3.05) is 0 Å². The van der Waals surface area contributed by atoms with E-state index >= 15 is 0 Å². The Bertz CT molecular complexity index is 810. The molecule has 1 aromatic heterocycles. The number of carboxylic acid groups (broad SMARTS) is 1. The summed E-state index contributed by atoms with van der Waals surface area (Å²) >= 11 is 0. The summed E-state index contributed by atoms with van der Waals surface area (Å²) in [6.07, 6.45) is 7.44. The molecule has 2 fully saturated rings. The number of carbonyl (C=O) groups is 1. The summed E-state index contributed by atoms with van der Waals surface area (Å²) in [4.78, 5) is 16.0. The van der Waals surface area contributed by atoms with Crippen LogP contribution in [-0.2, 0) is 4.79 Å². The third-order valence-electron chi connectivity index (χ3n) is 6.87. The molecule has 1 spiro atoms. The zero-order valence-electron chi connectivity index (χ0n) is 13.9. The van der Waals surface area contributed by atoms with E-state index in [9.17, 15) is 14.3 Å². The maximum atomic E-state index is 13.7. The lowest BCUT2D eigenvalue weighted by atomic mass is 9.45. The molecule has 3 nitrogen and oxygen atoms in total. The molecule has 2 saturated carbocycles. The topological polar surface area (TPSA) is 50.2 Å². The summed E-state index contributed by atoms with van der Waals surface area (Å²) in [6.45, 7) is 1.91. The summed E-state index contributed by atoms with van der Waals surface area (Å²) in [7, 11) is 0. The summed E-state index contributed by atoms with van der Waals surface area (Å²) in [6, 6.07) is 6.75. The van der Waals surface area contributed by atoms with E-state index in [2.05, 4.69) is 4.98 Å². The standard InChI is InChI=1S/C20H22FNO2/c1-19(18(23)24)9-10-20(19)7-4-13(5-8-20)15-6-11-22-17-3-2-14(21)12-16(15)17/h2-3,6,11-13H,4-5,7-10H2,1H3,(H,23,24)/t13-,19-,20+/m1/s1. The molecular formula is C20H22FNO2. The van der Waals surface area contributed by atoms with Crippen LogP contribution in [0, 0.1) is 16.6 Å². The Labute approximate surface area is 140 Å². The number of rotatable bonds is 2. The molecule has 1 aromatic carbocycles. The molecule has 0 aliphatic heterocycles. The molecule has 1 N–H and O–H groups in total. The van der Waals surface area contributed by atoms with Gasteiger partial charge in [-0.1, -0.05) is 0 Å². The van der Waals surface area contributed by atoms with Crippen molar-refractivity contribution in [3.63, 3.8) is 0 Å². The van der Waals surface area contributed by atoms with Crippen LogP contribution in [0.4, 0.5) is 4.39 Å². The van der Waals surface area contributed by atoms with Crippen molar-refractivity contribution in [1.82, 2.24) is 4.98 Å².